The van der Waals surface area contributed by atoms with Crippen LogP contribution in [0.3, 0.4) is 0 Å². The lowest BCUT2D eigenvalue weighted by Crippen LogP contribution is -2.35. The molecule has 0 heterocycles. The minimum Gasteiger partial charge on any atom is -0.331 e. The highest BCUT2D eigenvalue weighted by molar-refractivity contribution is 5.14. The van der Waals surface area contributed by atoms with E-state index in [9.17, 15) is 0 Å². The van der Waals surface area contributed by atoms with Gasteiger partial charge in [0.15, 0.2) is 0 Å². The number of aryl methyl sites for hydroxylation is 1. The SMILES string of the molecule is C[N+](C)(C)CCCCCCCCc1ccccc1. The summed E-state index contributed by atoms with van der Waals surface area (Å²) in [5, 5.41) is 0. The Balaban J connectivity index is 1.90. The zero-order valence-electron chi connectivity index (χ0n) is 12.5. The van der Waals surface area contributed by atoms with E-state index >= 15 is 0 Å². The Labute approximate surface area is 113 Å². The van der Waals surface area contributed by atoms with Crippen LogP contribution >= 0.6 is 0 Å². The van der Waals surface area contributed by atoms with E-state index < -0.39 is 0 Å². The number of hydrogen-bond donors (Lipinski definition) is 0. The molecule has 1 heteroatoms. The van der Waals surface area contributed by atoms with Crippen LogP contribution in [0.1, 0.15) is 44.1 Å². The third kappa shape index (κ3) is 8.30. The van der Waals surface area contributed by atoms with Gasteiger partial charge in [0.05, 0.1) is 27.7 Å². The molecule has 0 amide bonds. The van der Waals surface area contributed by atoms with Crippen molar-refractivity contribution in [2.24, 2.45) is 0 Å². The van der Waals surface area contributed by atoms with Crippen molar-refractivity contribution < 1.29 is 4.48 Å². The van der Waals surface area contributed by atoms with Gasteiger partial charge in [0.1, 0.15) is 0 Å². The van der Waals surface area contributed by atoms with Crippen molar-refractivity contribution in [3.8, 4) is 0 Å². The topological polar surface area (TPSA) is 0 Å². The first-order valence-electron chi connectivity index (χ1n) is 7.42. The van der Waals surface area contributed by atoms with Crippen LogP contribution in [0.5, 0.6) is 0 Å². The monoisotopic (exact) mass is 248 g/mol. The third-order valence-corrected chi connectivity index (χ3v) is 3.39. The number of quaternary nitrogens is 1. The van der Waals surface area contributed by atoms with Crippen LogP contribution in [0, 0.1) is 0 Å². The molecule has 1 aromatic rings. The first kappa shape index (κ1) is 15.2. The van der Waals surface area contributed by atoms with Crippen molar-refractivity contribution in [1.29, 1.82) is 0 Å². The van der Waals surface area contributed by atoms with Crippen molar-refractivity contribution in [3.63, 3.8) is 0 Å². The summed E-state index contributed by atoms with van der Waals surface area (Å²) in [7, 11) is 6.83. The van der Waals surface area contributed by atoms with Gasteiger partial charge in [-0.1, -0.05) is 49.6 Å². The van der Waals surface area contributed by atoms with Gasteiger partial charge in [0.2, 0.25) is 0 Å². The maximum absolute atomic E-state index is 2.28. The molecule has 0 saturated heterocycles. The lowest BCUT2D eigenvalue weighted by molar-refractivity contribution is -0.870. The second-order valence-corrected chi connectivity index (χ2v) is 6.37. The van der Waals surface area contributed by atoms with Crippen molar-refractivity contribution in [2.75, 3.05) is 27.7 Å². The Morgan fingerprint density at radius 3 is 1.89 bits per heavy atom. The van der Waals surface area contributed by atoms with Gasteiger partial charge in [-0.2, -0.15) is 0 Å². The van der Waals surface area contributed by atoms with Crippen molar-refractivity contribution in [1.82, 2.24) is 0 Å². The van der Waals surface area contributed by atoms with Gasteiger partial charge in [0, 0.05) is 0 Å². The molecule has 0 aliphatic carbocycles. The first-order chi connectivity index (χ1) is 8.58. The molecule has 0 fully saturated rings. The van der Waals surface area contributed by atoms with Crippen molar-refractivity contribution in [3.05, 3.63) is 35.9 Å². The lowest BCUT2D eigenvalue weighted by Gasteiger charge is -2.23. The summed E-state index contributed by atoms with van der Waals surface area (Å²) < 4.78 is 1.11. The van der Waals surface area contributed by atoms with Crippen LogP contribution in [0.4, 0.5) is 0 Å². The average Bonchev–Trinajstić information content (AvgIpc) is 2.32. The Kier molecular flexibility index (Phi) is 7.04. The molecule has 0 aliphatic rings. The van der Waals surface area contributed by atoms with Crippen LogP contribution in [-0.2, 0) is 6.42 Å². The number of benzene rings is 1. The molecule has 0 spiro atoms. The summed E-state index contributed by atoms with van der Waals surface area (Å²) in [5.74, 6) is 0. The van der Waals surface area contributed by atoms with Gasteiger partial charge in [0.25, 0.3) is 0 Å². The number of rotatable bonds is 9. The zero-order valence-corrected chi connectivity index (χ0v) is 12.5. The first-order valence-corrected chi connectivity index (χ1v) is 7.42. The Morgan fingerprint density at radius 1 is 0.722 bits per heavy atom. The van der Waals surface area contributed by atoms with E-state index in [4.69, 9.17) is 0 Å². The summed E-state index contributed by atoms with van der Waals surface area (Å²) in [6.07, 6.45) is 9.58. The summed E-state index contributed by atoms with van der Waals surface area (Å²) in [6, 6.07) is 10.8. The molecular weight excluding hydrogens is 218 g/mol. The van der Waals surface area contributed by atoms with Gasteiger partial charge in [-0.25, -0.2) is 0 Å². The van der Waals surface area contributed by atoms with E-state index in [-0.39, 0.29) is 0 Å². The van der Waals surface area contributed by atoms with Crippen molar-refractivity contribution in [2.45, 2.75) is 44.9 Å². The summed E-state index contributed by atoms with van der Waals surface area (Å²) in [4.78, 5) is 0. The van der Waals surface area contributed by atoms with Crippen LogP contribution in [0.15, 0.2) is 30.3 Å². The largest absolute Gasteiger partial charge is 0.331 e. The molecule has 0 saturated carbocycles. The molecule has 0 unspecified atom stereocenters. The van der Waals surface area contributed by atoms with E-state index in [0.29, 0.717) is 0 Å². The predicted molar refractivity (Wildman–Crippen MR) is 80.7 cm³/mol. The zero-order chi connectivity index (χ0) is 13.3. The maximum atomic E-state index is 2.28. The lowest BCUT2D eigenvalue weighted by atomic mass is 10.0. The second-order valence-electron chi connectivity index (χ2n) is 6.37. The highest BCUT2D eigenvalue weighted by Gasteiger charge is 2.04. The van der Waals surface area contributed by atoms with Gasteiger partial charge in [-0.3, -0.25) is 0 Å². The van der Waals surface area contributed by atoms with Crippen molar-refractivity contribution >= 4 is 0 Å². The van der Waals surface area contributed by atoms with Crippen LogP contribution in [-0.4, -0.2) is 32.2 Å². The fraction of sp³-hybridized carbons (Fsp3) is 0.647. The van der Waals surface area contributed by atoms with E-state index in [1.165, 1.54) is 57.1 Å². The molecule has 1 rings (SSSR count). The number of unbranched alkanes of at least 4 members (excludes halogenated alkanes) is 5. The molecule has 0 atom stereocenters. The minimum atomic E-state index is 1.11. The molecule has 0 N–H and O–H groups in total. The highest BCUT2D eigenvalue weighted by Crippen LogP contribution is 2.10. The van der Waals surface area contributed by atoms with Gasteiger partial charge in [-0.05, 0) is 31.2 Å². The molecule has 0 aliphatic heterocycles. The molecule has 1 nitrogen and oxygen atoms in total. The van der Waals surface area contributed by atoms with Gasteiger partial charge < -0.3 is 4.48 Å². The maximum Gasteiger partial charge on any atom is 0.0780 e. The Bertz CT molecular complexity index is 297. The molecule has 18 heavy (non-hydrogen) atoms. The number of hydrogen-bond acceptors (Lipinski definition) is 0. The van der Waals surface area contributed by atoms with Crippen LogP contribution in [0.25, 0.3) is 0 Å². The van der Waals surface area contributed by atoms with E-state index in [1.807, 2.05) is 0 Å². The quantitative estimate of drug-likeness (QED) is 0.452. The molecule has 0 radical (unpaired) electrons. The number of nitrogens with zero attached hydrogens (tertiary/aromatic N) is 1. The standard InChI is InChI=1S/C17H30N/c1-18(2,3)16-12-7-5-4-6-9-13-17-14-10-8-11-15-17/h8,10-11,14-15H,4-7,9,12-13,16H2,1-3H3/q+1. The molecule has 102 valence electrons. The summed E-state index contributed by atoms with van der Waals surface area (Å²) in [6.45, 7) is 1.31. The predicted octanol–water partition coefficient (Wildman–Crippen LogP) is 4.28. The van der Waals surface area contributed by atoms with Gasteiger partial charge >= 0.3 is 0 Å². The molecular formula is C17H30N+. The fourth-order valence-electron chi connectivity index (χ4n) is 2.27. The van der Waals surface area contributed by atoms with Crippen LogP contribution < -0.4 is 0 Å². The van der Waals surface area contributed by atoms with E-state index in [1.54, 1.807) is 0 Å². The Hall–Kier alpha value is -0.820. The molecule has 0 bridgehead atoms. The normalized spacial score (nSPS) is 11.7. The minimum absolute atomic E-state index is 1.11. The highest BCUT2D eigenvalue weighted by atomic mass is 15.3. The smallest absolute Gasteiger partial charge is 0.0780 e. The Morgan fingerprint density at radius 2 is 1.28 bits per heavy atom. The average molecular weight is 248 g/mol. The van der Waals surface area contributed by atoms with Crippen LogP contribution in [0.2, 0.25) is 0 Å². The molecule has 1 aromatic carbocycles. The van der Waals surface area contributed by atoms with Gasteiger partial charge in [-0.15, -0.1) is 0 Å². The third-order valence-electron chi connectivity index (χ3n) is 3.39. The van der Waals surface area contributed by atoms with E-state index in [0.717, 1.165) is 4.48 Å². The summed E-state index contributed by atoms with van der Waals surface area (Å²) in [5.41, 5.74) is 1.49. The second kappa shape index (κ2) is 8.31. The van der Waals surface area contributed by atoms with E-state index in [2.05, 4.69) is 51.5 Å². The summed E-state index contributed by atoms with van der Waals surface area (Å²) >= 11 is 0. The fourth-order valence-corrected chi connectivity index (χ4v) is 2.27. The molecule has 0 aromatic heterocycles.